The number of amides is 2. The van der Waals surface area contributed by atoms with E-state index in [1.54, 1.807) is 0 Å². The van der Waals surface area contributed by atoms with Crippen LogP contribution in [-0.2, 0) is 23.9 Å². The molecule has 2 amide bonds. The van der Waals surface area contributed by atoms with Crippen molar-refractivity contribution < 1.29 is 34.1 Å². The van der Waals surface area contributed by atoms with E-state index in [9.17, 15) is 19.2 Å². The zero-order valence-corrected chi connectivity index (χ0v) is 11.7. The minimum atomic E-state index is -1.30. The molecule has 1 aliphatic heterocycles. The van der Waals surface area contributed by atoms with Crippen molar-refractivity contribution in [2.45, 2.75) is 6.42 Å². The van der Waals surface area contributed by atoms with E-state index in [4.69, 9.17) is 14.9 Å². The second-order valence-electron chi connectivity index (χ2n) is 4.72. The third-order valence-electron chi connectivity index (χ3n) is 3.09. The fourth-order valence-corrected chi connectivity index (χ4v) is 2.15. The molecule has 2 N–H and O–H groups in total. The maximum atomic E-state index is 12.2. The third kappa shape index (κ3) is 5.03. The molecule has 1 aliphatic rings. The summed E-state index contributed by atoms with van der Waals surface area (Å²) in [6, 6.07) is 0. The second kappa shape index (κ2) is 7.58. The molecule has 118 valence electrons. The summed E-state index contributed by atoms with van der Waals surface area (Å²) in [5, 5.41) is 17.5. The number of hydrogen-bond acceptors (Lipinski definition) is 5. The summed E-state index contributed by atoms with van der Waals surface area (Å²) in [6.45, 7) is -0.573. The molecule has 9 nitrogen and oxygen atoms in total. The second-order valence-corrected chi connectivity index (χ2v) is 4.72. The summed E-state index contributed by atoms with van der Waals surface area (Å²) in [6.07, 6.45) is -0.0434. The van der Waals surface area contributed by atoms with Crippen molar-refractivity contribution in [2.75, 3.05) is 39.9 Å². The molecule has 0 saturated carbocycles. The van der Waals surface area contributed by atoms with Gasteiger partial charge < -0.3 is 24.7 Å². The van der Waals surface area contributed by atoms with E-state index in [0.29, 0.717) is 13.2 Å². The Balaban J connectivity index is 2.69. The van der Waals surface area contributed by atoms with Crippen LogP contribution in [0.5, 0.6) is 0 Å². The molecular weight excluding hydrogens is 284 g/mol. The predicted octanol–water partition coefficient (Wildman–Crippen LogP) is -1.52. The first-order valence-corrected chi connectivity index (χ1v) is 6.34. The monoisotopic (exact) mass is 302 g/mol. The van der Waals surface area contributed by atoms with Crippen LogP contribution in [0, 0.1) is 5.92 Å². The lowest BCUT2D eigenvalue weighted by molar-refractivity contribution is -0.151. The van der Waals surface area contributed by atoms with Crippen LogP contribution in [0.3, 0.4) is 0 Å². The molecule has 0 aromatic heterocycles. The summed E-state index contributed by atoms with van der Waals surface area (Å²) >= 11 is 0. The van der Waals surface area contributed by atoms with Gasteiger partial charge in [0.25, 0.3) is 0 Å². The van der Waals surface area contributed by atoms with Crippen molar-refractivity contribution in [1.29, 1.82) is 0 Å². The van der Waals surface area contributed by atoms with E-state index in [-0.39, 0.29) is 18.9 Å². The maximum Gasteiger partial charge on any atom is 0.323 e. The predicted molar refractivity (Wildman–Crippen MR) is 68.4 cm³/mol. The fraction of sp³-hybridized carbons (Fsp3) is 0.667. The average Bonchev–Trinajstić information content (AvgIpc) is 2.75. The Labute approximate surface area is 121 Å². The fourth-order valence-electron chi connectivity index (χ4n) is 2.15. The van der Waals surface area contributed by atoms with Gasteiger partial charge in [0.05, 0.1) is 12.5 Å². The van der Waals surface area contributed by atoms with Gasteiger partial charge in [-0.05, 0) is 0 Å². The SMILES string of the molecule is COCCN1CC(C(=O)N(CC(=O)O)CC(=O)O)CC1=O. The molecule has 0 spiro atoms. The Morgan fingerprint density at radius 3 is 2.33 bits per heavy atom. The average molecular weight is 302 g/mol. The highest BCUT2D eigenvalue weighted by molar-refractivity contribution is 5.92. The van der Waals surface area contributed by atoms with Gasteiger partial charge in [0.2, 0.25) is 11.8 Å². The Hall–Kier alpha value is -2.16. The van der Waals surface area contributed by atoms with E-state index >= 15 is 0 Å². The van der Waals surface area contributed by atoms with E-state index in [2.05, 4.69) is 0 Å². The van der Waals surface area contributed by atoms with Crippen LogP contribution >= 0.6 is 0 Å². The molecule has 1 heterocycles. The van der Waals surface area contributed by atoms with E-state index < -0.39 is 36.9 Å². The molecule has 1 saturated heterocycles. The summed E-state index contributed by atoms with van der Waals surface area (Å²) in [5.74, 6) is -4.17. The normalized spacial score (nSPS) is 17.9. The van der Waals surface area contributed by atoms with Crippen LogP contribution in [-0.4, -0.2) is 83.7 Å². The molecule has 9 heteroatoms. The lowest BCUT2D eigenvalue weighted by Gasteiger charge is -2.22. The van der Waals surface area contributed by atoms with E-state index in [1.165, 1.54) is 12.0 Å². The molecule has 1 fully saturated rings. The number of likely N-dealkylation sites (tertiary alicyclic amines) is 1. The summed E-state index contributed by atoms with van der Waals surface area (Å²) in [7, 11) is 1.49. The first kappa shape index (κ1) is 16.9. The number of carboxylic acid groups (broad SMARTS) is 2. The molecule has 0 aromatic carbocycles. The lowest BCUT2D eigenvalue weighted by atomic mass is 10.1. The Kier molecular flexibility index (Phi) is 6.10. The highest BCUT2D eigenvalue weighted by Gasteiger charge is 2.37. The third-order valence-corrected chi connectivity index (χ3v) is 3.09. The molecule has 21 heavy (non-hydrogen) atoms. The van der Waals surface area contributed by atoms with E-state index in [0.717, 1.165) is 4.90 Å². The quantitative estimate of drug-likeness (QED) is 0.558. The first-order valence-electron chi connectivity index (χ1n) is 6.34. The van der Waals surface area contributed by atoms with Crippen LogP contribution in [0.15, 0.2) is 0 Å². The van der Waals surface area contributed by atoms with Crippen LogP contribution in [0.1, 0.15) is 6.42 Å². The van der Waals surface area contributed by atoms with Crippen molar-refractivity contribution in [3.05, 3.63) is 0 Å². The molecule has 0 aromatic rings. The van der Waals surface area contributed by atoms with Gasteiger partial charge in [-0.3, -0.25) is 19.2 Å². The summed E-state index contributed by atoms with van der Waals surface area (Å²) in [5.41, 5.74) is 0. The van der Waals surface area contributed by atoms with Crippen molar-refractivity contribution in [1.82, 2.24) is 9.80 Å². The number of rotatable bonds is 8. The maximum absolute atomic E-state index is 12.2. The molecular formula is C12H18N2O7. The van der Waals surface area contributed by atoms with Crippen LogP contribution in [0.2, 0.25) is 0 Å². The minimum absolute atomic E-state index is 0.0434. The summed E-state index contributed by atoms with van der Waals surface area (Å²) in [4.78, 5) is 47.5. The van der Waals surface area contributed by atoms with Crippen molar-refractivity contribution in [3.8, 4) is 0 Å². The number of carbonyl (C=O) groups excluding carboxylic acids is 2. The zero-order chi connectivity index (χ0) is 16.0. The number of hydrogen-bond donors (Lipinski definition) is 2. The molecule has 0 bridgehead atoms. The highest BCUT2D eigenvalue weighted by atomic mass is 16.5. The number of carbonyl (C=O) groups is 4. The summed E-state index contributed by atoms with van der Waals surface area (Å²) < 4.78 is 4.86. The highest BCUT2D eigenvalue weighted by Crippen LogP contribution is 2.20. The van der Waals surface area contributed by atoms with Gasteiger partial charge in [0, 0.05) is 26.6 Å². The van der Waals surface area contributed by atoms with Gasteiger partial charge in [-0.1, -0.05) is 0 Å². The standard InChI is InChI=1S/C12H18N2O7/c1-21-3-2-13-5-8(4-9(13)15)12(20)14(6-10(16)17)7-11(18)19/h8H,2-7H2,1H3,(H,16,17)(H,18,19). The van der Waals surface area contributed by atoms with Crippen molar-refractivity contribution in [3.63, 3.8) is 0 Å². The number of methoxy groups -OCH3 is 1. The first-order chi connectivity index (χ1) is 9.85. The van der Waals surface area contributed by atoms with Crippen LogP contribution in [0.4, 0.5) is 0 Å². The molecule has 1 atom stereocenters. The number of nitrogens with zero attached hydrogens (tertiary/aromatic N) is 2. The van der Waals surface area contributed by atoms with Gasteiger partial charge >= 0.3 is 11.9 Å². The Morgan fingerprint density at radius 1 is 1.29 bits per heavy atom. The van der Waals surface area contributed by atoms with Gasteiger partial charge in [0.15, 0.2) is 0 Å². The van der Waals surface area contributed by atoms with Crippen molar-refractivity contribution >= 4 is 23.8 Å². The minimum Gasteiger partial charge on any atom is -0.480 e. The molecule has 0 aliphatic carbocycles. The van der Waals surface area contributed by atoms with Crippen molar-refractivity contribution in [2.24, 2.45) is 5.92 Å². The smallest absolute Gasteiger partial charge is 0.323 e. The lowest BCUT2D eigenvalue weighted by Crippen LogP contribution is -2.43. The molecule has 1 unspecified atom stereocenters. The Morgan fingerprint density at radius 2 is 1.86 bits per heavy atom. The van der Waals surface area contributed by atoms with Gasteiger partial charge in [-0.15, -0.1) is 0 Å². The van der Waals surface area contributed by atoms with Gasteiger partial charge in [-0.2, -0.15) is 0 Å². The Bertz CT molecular complexity index is 421. The van der Waals surface area contributed by atoms with Crippen LogP contribution < -0.4 is 0 Å². The van der Waals surface area contributed by atoms with Gasteiger partial charge in [-0.25, -0.2) is 0 Å². The number of carboxylic acids is 2. The van der Waals surface area contributed by atoms with Crippen LogP contribution in [0.25, 0.3) is 0 Å². The number of ether oxygens (including phenoxy) is 1. The van der Waals surface area contributed by atoms with E-state index in [1.807, 2.05) is 0 Å². The molecule has 0 radical (unpaired) electrons. The zero-order valence-electron chi connectivity index (χ0n) is 11.7. The largest absolute Gasteiger partial charge is 0.480 e. The van der Waals surface area contributed by atoms with Gasteiger partial charge in [0.1, 0.15) is 13.1 Å². The topological polar surface area (TPSA) is 124 Å². The molecule has 1 rings (SSSR count). The number of aliphatic carboxylic acids is 2.